The Morgan fingerprint density at radius 1 is 1.07 bits per heavy atom. The molecule has 1 aliphatic heterocycles. The number of rotatable bonds is 5. The van der Waals surface area contributed by atoms with Gasteiger partial charge in [-0.15, -0.1) is 0 Å². The van der Waals surface area contributed by atoms with Crippen LogP contribution in [0.2, 0.25) is 0 Å². The maximum atomic E-state index is 13.2. The summed E-state index contributed by atoms with van der Waals surface area (Å²) >= 11 is 0. The van der Waals surface area contributed by atoms with Gasteiger partial charge in [0.25, 0.3) is 5.69 Å². The van der Waals surface area contributed by atoms with E-state index in [0.717, 1.165) is 21.6 Å². The van der Waals surface area contributed by atoms with Gasteiger partial charge >= 0.3 is 0 Å². The van der Waals surface area contributed by atoms with Gasteiger partial charge in [0.15, 0.2) is 0 Å². The molecule has 1 saturated heterocycles. The van der Waals surface area contributed by atoms with Crippen LogP contribution in [-0.2, 0) is 16.6 Å². The van der Waals surface area contributed by atoms with Gasteiger partial charge in [-0.25, -0.2) is 8.42 Å². The molecule has 0 radical (unpaired) electrons. The van der Waals surface area contributed by atoms with Crippen molar-refractivity contribution < 1.29 is 18.2 Å². The van der Waals surface area contributed by atoms with Crippen molar-refractivity contribution in [3.63, 3.8) is 0 Å². The highest BCUT2D eigenvalue weighted by Crippen LogP contribution is 2.25. The molecule has 1 fully saturated rings. The highest BCUT2D eigenvalue weighted by molar-refractivity contribution is 7.89. The summed E-state index contributed by atoms with van der Waals surface area (Å²) in [5.41, 5.74) is 3.40. The number of piperazine rings is 1. The van der Waals surface area contributed by atoms with Gasteiger partial charge in [0.2, 0.25) is 10.0 Å². The fourth-order valence-electron chi connectivity index (χ4n) is 4.03. The van der Waals surface area contributed by atoms with E-state index in [0.29, 0.717) is 43.2 Å². The van der Waals surface area contributed by atoms with Gasteiger partial charge in [-0.05, 0) is 38.0 Å². The fraction of sp³-hybridized carbons (Fsp3) is 0.400. The largest absolute Gasteiger partial charge is 0.329 e. The van der Waals surface area contributed by atoms with Crippen molar-refractivity contribution in [2.75, 3.05) is 26.2 Å². The fourth-order valence-corrected chi connectivity index (χ4v) is 5.88. The Labute approximate surface area is 165 Å². The number of aryl methyl sites for hydroxylation is 3. The molecule has 3 rings (SSSR count). The quantitative estimate of drug-likeness (QED) is 0.606. The summed E-state index contributed by atoms with van der Waals surface area (Å²) < 4.78 is 27.9. The summed E-state index contributed by atoms with van der Waals surface area (Å²) in [5.74, 6) is 0. The molecule has 2 aromatic carbocycles. The molecular formula is C20H26N3O4S+. The summed E-state index contributed by atoms with van der Waals surface area (Å²) in [5, 5.41) is 11.2. The maximum Gasteiger partial charge on any atom is 0.278 e. The van der Waals surface area contributed by atoms with Crippen LogP contribution in [0.3, 0.4) is 0 Å². The Morgan fingerprint density at radius 2 is 1.64 bits per heavy atom. The highest BCUT2D eigenvalue weighted by atomic mass is 32.2. The van der Waals surface area contributed by atoms with Gasteiger partial charge in [-0.1, -0.05) is 29.8 Å². The predicted octanol–water partition coefficient (Wildman–Crippen LogP) is 1.61. The minimum atomic E-state index is -3.55. The van der Waals surface area contributed by atoms with Gasteiger partial charge in [0.05, 0.1) is 41.6 Å². The molecule has 0 atom stereocenters. The molecule has 0 amide bonds. The van der Waals surface area contributed by atoms with E-state index in [9.17, 15) is 18.5 Å². The summed E-state index contributed by atoms with van der Waals surface area (Å²) in [6, 6.07) is 10.5. The smallest absolute Gasteiger partial charge is 0.278 e. The van der Waals surface area contributed by atoms with Crippen molar-refractivity contribution in [3.05, 3.63) is 68.8 Å². The molecule has 0 unspecified atom stereocenters. The second-order valence-corrected chi connectivity index (χ2v) is 9.32. The molecule has 0 saturated carbocycles. The molecule has 2 aromatic rings. The zero-order valence-electron chi connectivity index (χ0n) is 16.4. The lowest BCUT2D eigenvalue weighted by Gasteiger charge is -2.32. The molecule has 1 heterocycles. The minimum Gasteiger partial charge on any atom is -0.329 e. The molecule has 1 aliphatic rings. The Hall–Kier alpha value is -2.29. The molecule has 0 bridgehead atoms. The first-order valence-corrected chi connectivity index (χ1v) is 10.8. The van der Waals surface area contributed by atoms with Crippen molar-refractivity contribution in [2.24, 2.45) is 0 Å². The second-order valence-electron chi connectivity index (χ2n) is 7.44. The Kier molecular flexibility index (Phi) is 5.83. The number of para-hydroxylation sites is 1. The van der Waals surface area contributed by atoms with Crippen LogP contribution in [0.5, 0.6) is 0 Å². The number of sulfonamides is 1. The molecule has 7 nitrogen and oxygen atoms in total. The predicted molar refractivity (Wildman–Crippen MR) is 107 cm³/mol. The summed E-state index contributed by atoms with van der Waals surface area (Å²) in [6.45, 7) is 8.21. The van der Waals surface area contributed by atoms with E-state index < -0.39 is 10.0 Å². The number of hydrogen-bond acceptors (Lipinski definition) is 4. The molecule has 1 N–H and O–H groups in total. The minimum absolute atomic E-state index is 0.121. The zero-order valence-corrected chi connectivity index (χ0v) is 17.3. The van der Waals surface area contributed by atoms with Crippen LogP contribution in [-0.4, -0.2) is 43.8 Å². The van der Waals surface area contributed by atoms with E-state index in [4.69, 9.17) is 0 Å². The normalized spacial score (nSPS) is 16.2. The average Bonchev–Trinajstić information content (AvgIpc) is 2.61. The van der Waals surface area contributed by atoms with Gasteiger partial charge < -0.3 is 4.90 Å². The first-order valence-electron chi connectivity index (χ1n) is 9.34. The van der Waals surface area contributed by atoms with E-state index in [-0.39, 0.29) is 10.6 Å². The number of hydrogen-bond donors (Lipinski definition) is 1. The third-order valence-electron chi connectivity index (χ3n) is 5.26. The van der Waals surface area contributed by atoms with E-state index in [1.165, 1.54) is 6.07 Å². The summed E-state index contributed by atoms with van der Waals surface area (Å²) in [4.78, 5) is 12.4. The van der Waals surface area contributed by atoms with Crippen LogP contribution >= 0.6 is 0 Å². The van der Waals surface area contributed by atoms with Crippen LogP contribution in [0.4, 0.5) is 5.69 Å². The van der Waals surface area contributed by atoms with Gasteiger partial charge in [-0.2, -0.15) is 4.31 Å². The van der Waals surface area contributed by atoms with E-state index >= 15 is 0 Å². The van der Waals surface area contributed by atoms with E-state index in [2.05, 4.69) is 0 Å². The van der Waals surface area contributed by atoms with Crippen LogP contribution in [0.15, 0.2) is 41.3 Å². The Balaban J connectivity index is 1.73. The number of quaternary nitrogens is 1. The van der Waals surface area contributed by atoms with Crippen molar-refractivity contribution >= 4 is 15.7 Å². The lowest BCUT2D eigenvalue weighted by molar-refractivity contribution is -0.917. The number of nitrogens with one attached hydrogen (secondary N) is 1. The molecule has 8 heteroatoms. The van der Waals surface area contributed by atoms with Crippen molar-refractivity contribution in [2.45, 2.75) is 32.2 Å². The first-order chi connectivity index (χ1) is 13.2. The van der Waals surface area contributed by atoms with E-state index in [1.807, 2.05) is 32.9 Å². The van der Waals surface area contributed by atoms with Crippen molar-refractivity contribution in [1.29, 1.82) is 0 Å². The third kappa shape index (κ3) is 4.09. The number of nitrogens with zero attached hydrogens (tertiary/aromatic N) is 2. The Bertz CT molecular complexity index is 973. The summed E-state index contributed by atoms with van der Waals surface area (Å²) in [7, 11) is -3.55. The molecule has 0 aliphatic carbocycles. The lowest BCUT2D eigenvalue weighted by atomic mass is 10.1. The summed E-state index contributed by atoms with van der Waals surface area (Å²) in [6.07, 6.45) is 0. The monoisotopic (exact) mass is 404 g/mol. The van der Waals surface area contributed by atoms with Gasteiger partial charge in [0.1, 0.15) is 6.54 Å². The van der Waals surface area contributed by atoms with Crippen LogP contribution in [0, 0.1) is 30.9 Å². The molecule has 0 aromatic heterocycles. The van der Waals surface area contributed by atoms with Crippen LogP contribution < -0.4 is 4.90 Å². The number of nitro benzene ring substituents is 1. The topological polar surface area (TPSA) is 85.0 Å². The first kappa shape index (κ1) is 20.4. The van der Waals surface area contributed by atoms with Crippen molar-refractivity contribution in [3.8, 4) is 0 Å². The molecule has 28 heavy (non-hydrogen) atoms. The van der Waals surface area contributed by atoms with Crippen LogP contribution in [0.25, 0.3) is 0 Å². The molecule has 0 spiro atoms. The molecular weight excluding hydrogens is 378 g/mol. The zero-order chi connectivity index (χ0) is 20.5. The average molecular weight is 405 g/mol. The lowest BCUT2D eigenvalue weighted by Crippen LogP contribution is -3.13. The maximum absolute atomic E-state index is 13.2. The third-order valence-corrected chi connectivity index (χ3v) is 7.47. The van der Waals surface area contributed by atoms with Gasteiger partial charge in [0, 0.05) is 6.07 Å². The number of benzene rings is 2. The second kappa shape index (κ2) is 7.98. The molecule has 150 valence electrons. The van der Waals surface area contributed by atoms with E-state index in [1.54, 1.807) is 22.5 Å². The highest BCUT2D eigenvalue weighted by Gasteiger charge is 2.33. The standard InChI is InChI=1S/C20H25N3O4S/c1-15-12-16(2)20(17(3)13-15)28(26,27)22-10-8-21(9-11-22)14-18-6-4-5-7-19(18)23(24)25/h4-7,12-13H,8-11,14H2,1-3H3/p+1. The SMILES string of the molecule is Cc1cc(C)c(S(=O)(=O)N2CC[NH+](Cc3ccccc3[N+](=O)[O-])CC2)c(C)c1. The van der Waals surface area contributed by atoms with Crippen molar-refractivity contribution in [1.82, 2.24) is 4.31 Å². The van der Waals surface area contributed by atoms with Gasteiger partial charge in [-0.3, -0.25) is 10.1 Å². The number of nitro groups is 1. The Morgan fingerprint density at radius 3 is 2.21 bits per heavy atom. The van der Waals surface area contributed by atoms with Crippen LogP contribution in [0.1, 0.15) is 22.3 Å².